The van der Waals surface area contributed by atoms with Crippen LogP contribution in [0.1, 0.15) is 18.1 Å². The summed E-state index contributed by atoms with van der Waals surface area (Å²) in [6, 6.07) is 12.0. The Bertz CT molecular complexity index is 2100. The molecule has 0 aliphatic rings. The molecule has 0 saturated heterocycles. The number of thiophene rings is 1. The molecule has 18 heteroatoms. The third-order valence-electron chi connectivity index (χ3n) is 7.42. The topological polar surface area (TPSA) is 133 Å². The summed E-state index contributed by atoms with van der Waals surface area (Å²) in [6.45, 7) is 0.513. The molecule has 264 valence electrons. The summed E-state index contributed by atoms with van der Waals surface area (Å²) in [4.78, 5) is 42.5. The quantitative estimate of drug-likeness (QED) is 0.170. The SMILES string of the molecule is CCNC(=O)Nc1ccc(-c2sc3c(c2CN(C)CCOC(F)(F)F)c(=O)n(-c2ccc(OC)nn2)c(=O)n3Cc2c(F)cccc2F)cc1. The molecule has 0 aliphatic heterocycles. The molecular weight excluding hydrogens is 689 g/mol. The number of fused-ring (bicyclic) bond motifs is 1. The van der Waals surface area contributed by atoms with Crippen molar-refractivity contribution >= 4 is 33.3 Å². The highest BCUT2D eigenvalue weighted by molar-refractivity contribution is 7.22. The minimum atomic E-state index is -4.85. The van der Waals surface area contributed by atoms with E-state index < -0.39 is 54.0 Å². The summed E-state index contributed by atoms with van der Waals surface area (Å²) in [5, 5.41) is 13.1. The number of carbonyl (C=O) groups is 1. The van der Waals surface area contributed by atoms with E-state index in [0.717, 1.165) is 28.0 Å². The lowest BCUT2D eigenvalue weighted by atomic mass is 10.1. The van der Waals surface area contributed by atoms with Gasteiger partial charge in [0.25, 0.3) is 5.56 Å². The second-order valence-electron chi connectivity index (χ2n) is 10.8. The van der Waals surface area contributed by atoms with Crippen molar-refractivity contribution in [1.29, 1.82) is 0 Å². The Labute approximate surface area is 284 Å². The van der Waals surface area contributed by atoms with Gasteiger partial charge in [0.15, 0.2) is 5.82 Å². The molecule has 2 N–H and O–H groups in total. The van der Waals surface area contributed by atoms with E-state index in [0.29, 0.717) is 32.8 Å². The average molecular weight is 720 g/mol. The first-order valence-corrected chi connectivity index (χ1v) is 15.8. The van der Waals surface area contributed by atoms with E-state index in [1.54, 1.807) is 31.2 Å². The third kappa shape index (κ3) is 7.98. The maximum atomic E-state index is 15.0. The van der Waals surface area contributed by atoms with Crippen molar-refractivity contribution in [2.24, 2.45) is 0 Å². The summed E-state index contributed by atoms with van der Waals surface area (Å²) >= 11 is 0.982. The van der Waals surface area contributed by atoms with Crippen LogP contribution < -0.4 is 26.6 Å². The van der Waals surface area contributed by atoms with Gasteiger partial charge in [0, 0.05) is 41.8 Å². The van der Waals surface area contributed by atoms with Crippen LogP contribution in [0.4, 0.5) is 32.4 Å². The van der Waals surface area contributed by atoms with Crippen LogP contribution in [0.25, 0.3) is 26.5 Å². The van der Waals surface area contributed by atoms with Crippen LogP contribution in [0.3, 0.4) is 0 Å². The highest BCUT2D eigenvalue weighted by atomic mass is 32.1. The number of nitrogens with zero attached hydrogens (tertiary/aromatic N) is 5. The van der Waals surface area contributed by atoms with E-state index in [1.165, 1.54) is 37.3 Å². The molecule has 0 spiro atoms. The molecule has 2 amide bonds. The number of aromatic nitrogens is 4. The van der Waals surface area contributed by atoms with Crippen molar-refractivity contribution in [1.82, 2.24) is 29.5 Å². The first-order valence-electron chi connectivity index (χ1n) is 15.0. The van der Waals surface area contributed by atoms with Crippen LogP contribution in [0.5, 0.6) is 5.88 Å². The second-order valence-corrected chi connectivity index (χ2v) is 11.8. The number of halogens is 5. The van der Waals surface area contributed by atoms with E-state index in [1.807, 2.05) is 0 Å². The van der Waals surface area contributed by atoms with Gasteiger partial charge in [-0.25, -0.2) is 22.9 Å². The number of benzene rings is 2. The molecule has 0 saturated carbocycles. The molecule has 3 aromatic heterocycles. The molecule has 0 atom stereocenters. The predicted octanol–water partition coefficient (Wildman–Crippen LogP) is 5.12. The smallest absolute Gasteiger partial charge is 0.480 e. The fourth-order valence-corrected chi connectivity index (χ4v) is 6.39. The van der Waals surface area contributed by atoms with Crippen molar-refractivity contribution in [3.8, 4) is 22.1 Å². The summed E-state index contributed by atoms with van der Waals surface area (Å²) in [7, 11) is 2.86. The minimum Gasteiger partial charge on any atom is -0.480 e. The fraction of sp³-hybridized carbons (Fsp3) is 0.281. The Morgan fingerprint density at radius 1 is 1.00 bits per heavy atom. The van der Waals surface area contributed by atoms with Crippen molar-refractivity contribution in [2.45, 2.75) is 26.4 Å². The van der Waals surface area contributed by atoms with Crippen molar-refractivity contribution in [3.05, 3.63) is 98.2 Å². The van der Waals surface area contributed by atoms with E-state index in [4.69, 9.17) is 4.74 Å². The Morgan fingerprint density at radius 2 is 1.70 bits per heavy atom. The molecule has 12 nitrogen and oxygen atoms in total. The molecule has 0 fully saturated rings. The van der Waals surface area contributed by atoms with Crippen LogP contribution >= 0.6 is 11.3 Å². The number of ether oxygens (including phenoxy) is 2. The monoisotopic (exact) mass is 719 g/mol. The predicted molar refractivity (Wildman–Crippen MR) is 176 cm³/mol. The largest absolute Gasteiger partial charge is 0.522 e. The zero-order valence-corrected chi connectivity index (χ0v) is 27.6. The van der Waals surface area contributed by atoms with Crippen LogP contribution in [-0.4, -0.2) is 70.5 Å². The fourth-order valence-electron chi connectivity index (χ4n) is 5.08. The molecule has 2 aromatic carbocycles. The van der Waals surface area contributed by atoms with Gasteiger partial charge in [0.1, 0.15) is 16.5 Å². The van der Waals surface area contributed by atoms with Gasteiger partial charge in [0.2, 0.25) is 5.88 Å². The molecule has 3 heterocycles. The molecule has 5 aromatic rings. The third-order valence-corrected chi connectivity index (χ3v) is 8.73. The number of alkyl halides is 3. The normalized spacial score (nSPS) is 11.7. The molecular formula is C32H30F5N7O5S. The number of hydrogen-bond acceptors (Lipinski definition) is 9. The molecule has 50 heavy (non-hydrogen) atoms. The van der Waals surface area contributed by atoms with Gasteiger partial charge in [-0.1, -0.05) is 18.2 Å². The second kappa shape index (κ2) is 15.1. The van der Waals surface area contributed by atoms with Crippen molar-refractivity contribution in [2.75, 3.05) is 39.2 Å². The maximum absolute atomic E-state index is 15.0. The first kappa shape index (κ1) is 36.1. The van der Waals surface area contributed by atoms with Crippen LogP contribution in [-0.2, 0) is 17.8 Å². The molecule has 0 radical (unpaired) electrons. The van der Waals surface area contributed by atoms with Crippen LogP contribution in [0, 0.1) is 11.6 Å². The number of carbonyl (C=O) groups excluding carboxylic acids is 1. The number of nitrogens with one attached hydrogen (secondary N) is 2. The van der Waals surface area contributed by atoms with Gasteiger partial charge in [-0.2, -0.15) is 0 Å². The summed E-state index contributed by atoms with van der Waals surface area (Å²) in [6.07, 6.45) is -4.85. The molecule has 5 rings (SSSR count). The maximum Gasteiger partial charge on any atom is 0.522 e. The Morgan fingerprint density at radius 3 is 2.30 bits per heavy atom. The van der Waals surface area contributed by atoms with Gasteiger partial charge in [0.05, 0.1) is 25.6 Å². The zero-order chi connectivity index (χ0) is 36.2. The van der Waals surface area contributed by atoms with Gasteiger partial charge in [-0.05, 0) is 55.4 Å². The van der Waals surface area contributed by atoms with E-state index in [2.05, 4.69) is 25.6 Å². The van der Waals surface area contributed by atoms with Crippen LogP contribution in [0.2, 0.25) is 0 Å². The first-order chi connectivity index (χ1) is 23.8. The Balaban J connectivity index is 1.75. The minimum absolute atomic E-state index is 0.0351. The van der Waals surface area contributed by atoms with E-state index in [-0.39, 0.29) is 35.0 Å². The highest BCUT2D eigenvalue weighted by Crippen LogP contribution is 2.38. The lowest BCUT2D eigenvalue weighted by Crippen LogP contribution is -2.40. The Hall–Kier alpha value is -5.20. The van der Waals surface area contributed by atoms with Gasteiger partial charge >= 0.3 is 18.1 Å². The molecule has 0 bridgehead atoms. The summed E-state index contributed by atoms with van der Waals surface area (Å²) < 4.78 is 78.9. The number of hydrogen-bond donors (Lipinski definition) is 2. The van der Waals surface area contributed by atoms with Gasteiger partial charge < -0.3 is 15.4 Å². The number of amides is 2. The van der Waals surface area contributed by atoms with Crippen molar-refractivity contribution < 1.29 is 36.2 Å². The number of rotatable bonds is 12. The number of methoxy groups -OCH3 is 1. The average Bonchev–Trinajstić information content (AvgIpc) is 3.43. The molecule has 0 unspecified atom stereocenters. The zero-order valence-electron chi connectivity index (χ0n) is 26.8. The lowest BCUT2D eigenvalue weighted by Gasteiger charge is -2.18. The summed E-state index contributed by atoms with van der Waals surface area (Å²) in [5.41, 5.74) is -0.989. The van der Waals surface area contributed by atoms with E-state index in [9.17, 15) is 36.3 Å². The number of anilines is 1. The van der Waals surface area contributed by atoms with Crippen molar-refractivity contribution in [3.63, 3.8) is 0 Å². The number of likely N-dealkylation sites (N-methyl/N-ethyl adjacent to an activating group) is 1. The lowest BCUT2D eigenvalue weighted by molar-refractivity contribution is -0.324. The van der Waals surface area contributed by atoms with E-state index >= 15 is 0 Å². The van der Waals surface area contributed by atoms with Crippen LogP contribution in [0.15, 0.2) is 64.2 Å². The number of urea groups is 1. The van der Waals surface area contributed by atoms with Gasteiger partial charge in [-0.3, -0.25) is 19.0 Å². The molecule has 0 aliphatic carbocycles. The standard InChI is InChI=1S/C32H30F5N7O5S/c1-4-38-30(46)39-19-10-8-18(9-11-19)27-21(16-42(2)14-15-49-32(35,36)37)26-28(45)44(24-12-13-25(48-3)41-40-24)31(47)43(29(26)50-27)17-20-22(33)6-5-7-23(20)34/h5-13H,4,14-17H2,1-3H3,(H2,38,39,46). The Kier molecular flexibility index (Phi) is 10.9. The highest BCUT2D eigenvalue weighted by Gasteiger charge is 2.30. The van der Waals surface area contributed by atoms with Gasteiger partial charge in [-0.15, -0.1) is 34.7 Å². The summed E-state index contributed by atoms with van der Waals surface area (Å²) in [5.74, 6) is -1.98.